The molecule has 2 atom stereocenters. The summed E-state index contributed by atoms with van der Waals surface area (Å²) in [6.45, 7) is 14.1. The van der Waals surface area contributed by atoms with Crippen LogP contribution in [0, 0.1) is 0 Å². The molecule has 114 valence electrons. The van der Waals surface area contributed by atoms with Gasteiger partial charge in [-0.25, -0.2) is 0 Å². The molecule has 2 unspecified atom stereocenters. The maximum Gasteiger partial charge on any atom is 0.112 e. The largest absolute Gasteiger partial charge is 0.391 e. The minimum atomic E-state index is -1.24. The van der Waals surface area contributed by atoms with Crippen LogP contribution in [0.4, 0.5) is 0 Å². The lowest BCUT2D eigenvalue weighted by Crippen LogP contribution is -2.57. The Morgan fingerprint density at radius 1 is 1.11 bits per heavy atom. The van der Waals surface area contributed by atoms with Crippen molar-refractivity contribution in [2.75, 3.05) is 0 Å². The number of hydrogen-bond acceptors (Lipinski definition) is 5. The van der Waals surface area contributed by atoms with E-state index in [4.69, 9.17) is 10.9 Å². The summed E-state index contributed by atoms with van der Waals surface area (Å²) in [5.41, 5.74) is 6.28. The van der Waals surface area contributed by atoms with E-state index >= 15 is 0 Å². The van der Waals surface area contributed by atoms with Crippen molar-refractivity contribution >= 4 is 0 Å². The van der Waals surface area contributed by atoms with Gasteiger partial charge in [0.2, 0.25) is 0 Å². The minimum Gasteiger partial charge on any atom is -0.391 e. The summed E-state index contributed by atoms with van der Waals surface area (Å²) in [6.07, 6.45) is 3.24. The molecular weight excluding hydrogens is 244 g/mol. The molecule has 5 heteroatoms. The van der Waals surface area contributed by atoms with Crippen molar-refractivity contribution in [2.45, 2.75) is 63.8 Å². The molecular formula is C14H30N2O3. The highest BCUT2D eigenvalue weighted by atomic mass is 16.5. The van der Waals surface area contributed by atoms with E-state index in [-0.39, 0.29) is 5.54 Å². The van der Waals surface area contributed by atoms with E-state index in [1.165, 1.54) is 19.9 Å². The summed E-state index contributed by atoms with van der Waals surface area (Å²) < 4.78 is 0. The van der Waals surface area contributed by atoms with Gasteiger partial charge in [-0.2, -0.15) is 5.48 Å². The van der Waals surface area contributed by atoms with Crippen molar-refractivity contribution in [3.05, 3.63) is 25.3 Å². The van der Waals surface area contributed by atoms with E-state index in [0.717, 1.165) is 12.8 Å². The summed E-state index contributed by atoms with van der Waals surface area (Å²) in [5.74, 6) is 0. The topological polar surface area (TPSA) is 98.7 Å². The van der Waals surface area contributed by atoms with Gasteiger partial charge in [-0.05, 0) is 26.7 Å². The summed E-state index contributed by atoms with van der Waals surface area (Å²) in [6, 6.07) is 0. The van der Waals surface area contributed by atoms with Crippen LogP contribution in [0.2, 0.25) is 0 Å². The van der Waals surface area contributed by atoms with E-state index in [2.05, 4.69) is 27.0 Å². The normalized spacial score (nSPS) is 17.5. The number of aliphatic hydroxyl groups excluding tert-OH is 2. The molecule has 0 fully saturated rings. The molecule has 0 bridgehead atoms. The van der Waals surface area contributed by atoms with E-state index in [0.29, 0.717) is 0 Å². The summed E-state index contributed by atoms with van der Waals surface area (Å²) in [5, 5.41) is 27.0. The van der Waals surface area contributed by atoms with Gasteiger partial charge >= 0.3 is 0 Å². The molecule has 6 N–H and O–H groups in total. The summed E-state index contributed by atoms with van der Waals surface area (Å²) in [7, 11) is 0. The van der Waals surface area contributed by atoms with Crippen LogP contribution in [0.15, 0.2) is 25.3 Å². The second kappa shape index (κ2) is 9.23. The van der Waals surface area contributed by atoms with Crippen molar-refractivity contribution in [1.29, 1.82) is 0 Å². The smallest absolute Gasteiger partial charge is 0.112 e. The molecule has 0 saturated carbocycles. The van der Waals surface area contributed by atoms with E-state index in [1.807, 2.05) is 11.6 Å². The van der Waals surface area contributed by atoms with Crippen LogP contribution in [0.25, 0.3) is 0 Å². The van der Waals surface area contributed by atoms with Gasteiger partial charge in [0.05, 0.1) is 12.2 Å². The molecule has 0 aromatic rings. The zero-order chi connectivity index (χ0) is 15.7. The Morgan fingerprint density at radius 2 is 1.47 bits per heavy atom. The Labute approximate surface area is 116 Å². The first-order chi connectivity index (χ1) is 8.69. The monoisotopic (exact) mass is 274 g/mol. The fourth-order valence-corrected chi connectivity index (χ4v) is 1.46. The van der Waals surface area contributed by atoms with Crippen LogP contribution < -0.4 is 11.2 Å². The Morgan fingerprint density at radius 3 is 1.47 bits per heavy atom. The van der Waals surface area contributed by atoms with Gasteiger partial charge in [-0.1, -0.05) is 26.0 Å². The number of aliphatic hydroxyl groups is 2. The van der Waals surface area contributed by atoms with Crippen molar-refractivity contribution in [3.8, 4) is 0 Å². The number of nitrogens with one attached hydrogen (secondary N) is 1. The first-order valence-electron chi connectivity index (χ1n) is 6.53. The van der Waals surface area contributed by atoms with Crippen LogP contribution in [0.3, 0.4) is 0 Å². The Bertz CT molecular complexity index is 253. The molecule has 0 heterocycles. The molecule has 0 rings (SSSR count). The standard InChI is InChI=1S/C7H15NO3.C7H15N/c1-4-7(8-11,5(2)9)6(3)10;1-4-7(8,5-2)6-3/h4-6,8-11H,1H2,2-3H3;4H,1,5-6,8H2,2-3H3. The maximum absolute atomic E-state index is 9.18. The molecule has 0 amide bonds. The molecule has 0 aliphatic rings. The third-order valence-corrected chi connectivity index (χ3v) is 3.64. The molecule has 0 aliphatic heterocycles. The van der Waals surface area contributed by atoms with E-state index in [9.17, 15) is 10.2 Å². The van der Waals surface area contributed by atoms with Gasteiger partial charge in [0.25, 0.3) is 0 Å². The SMILES string of the molecule is C=CC(N)(CC)CC.C=CC(NO)(C(C)O)C(C)O. The zero-order valence-electron chi connectivity index (χ0n) is 12.6. The number of hydroxylamine groups is 1. The Balaban J connectivity index is 0. The van der Waals surface area contributed by atoms with Crippen LogP contribution in [0.5, 0.6) is 0 Å². The molecule has 0 aromatic heterocycles. The van der Waals surface area contributed by atoms with Crippen molar-refractivity contribution in [1.82, 2.24) is 5.48 Å². The molecule has 0 aromatic carbocycles. The highest BCUT2D eigenvalue weighted by molar-refractivity contribution is 5.08. The second-order valence-corrected chi connectivity index (χ2v) is 4.75. The van der Waals surface area contributed by atoms with Crippen molar-refractivity contribution in [3.63, 3.8) is 0 Å². The number of nitrogens with two attached hydrogens (primary N) is 1. The fourth-order valence-electron chi connectivity index (χ4n) is 1.46. The lowest BCUT2D eigenvalue weighted by atomic mass is 9.89. The molecule has 5 nitrogen and oxygen atoms in total. The maximum atomic E-state index is 9.18. The average Bonchev–Trinajstić information content (AvgIpc) is 2.40. The quantitative estimate of drug-likeness (QED) is 0.356. The fraction of sp³-hybridized carbons (Fsp3) is 0.714. The third kappa shape index (κ3) is 5.84. The lowest BCUT2D eigenvalue weighted by molar-refractivity contribution is -0.0559. The second-order valence-electron chi connectivity index (χ2n) is 4.75. The number of hydrogen-bond donors (Lipinski definition) is 5. The van der Waals surface area contributed by atoms with Crippen molar-refractivity contribution < 1.29 is 15.4 Å². The van der Waals surface area contributed by atoms with Gasteiger partial charge < -0.3 is 21.2 Å². The molecule has 0 aliphatic carbocycles. The predicted molar refractivity (Wildman–Crippen MR) is 78.9 cm³/mol. The third-order valence-electron chi connectivity index (χ3n) is 3.64. The molecule has 0 radical (unpaired) electrons. The van der Waals surface area contributed by atoms with Crippen LogP contribution >= 0.6 is 0 Å². The zero-order valence-corrected chi connectivity index (χ0v) is 12.6. The van der Waals surface area contributed by atoms with E-state index in [1.54, 1.807) is 0 Å². The Hall–Kier alpha value is -0.720. The average molecular weight is 274 g/mol. The highest BCUT2D eigenvalue weighted by Crippen LogP contribution is 2.16. The van der Waals surface area contributed by atoms with Gasteiger partial charge in [0.15, 0.2) is 0 Å². The van der Waals surface area contributed by atoms with Crippen molar-refractivity contribution in [2.24, 2.45) is 5.73 Å². The van der Waals surface area contributed by atoms with Gasteiger partial charge in [-0.3, -0.25) is 0 Å². The predicted octanol–water partition coefficient (Wildman–Crippen LogP) is 1.34. The molecule has 0 spiro atoms. The molecule has 0 saturated heterocycles. The van der Waals surface area contributed by atoms with E-state index < -0.39 is 17.7 Å². The van der Waals surface area contributed by atoms with Crippen LogP contribution in [-0.4, -0.2) is 38.7 Å². The lowest BCUT2D eigenvalue weighted by Gasteiger charge is -2.34. The first kappa shape index (κ1) is 20.6. The van der Waals surface area contributed by atoms with Gasteiger partial charge in [0, 0.05) is 5.54 Å². The summed E-state index contributed by atoms with van der Waals surface area (Å²) in [4.78, 5) is 0. The first-order valence-corrected chi connectivity index (χ1v) is 6.53. The molecule has 19 heavy (non-hydrogen) atoms. The minimum absolute atomic E-state index is 0.111. The Kier molecular flexibility index (Phi) is 10.0. The van der Waals surface area contributed by atoms with Gasteiger partial charge in [-0.15, -0.1) is 13.2 Å². The highest BCUT2D eigenvalue weighted by Gasteiger charge is 2.36. The van der Waals surface area contributed by atoms with Crippen LogP contribution in [0.1, 0.15) is 40.5 Å². The number of rotatable bonds is 7. The summed E-state index contributed by atoms with van der Waals surface area (Å²) >= 11 is 0. The van der Waals surface area contributed by atoms with Crippen LogP contribution in [-0.2, 0) is 0 Å². The van der Waals surface area contributed by atoms with Gasteiger partial charge in [0.1, 0.15) is 5.54 Å².